The van der Waals surface area contributed by atoms with Crippen LogP contribution in [0.3, 0.4) is 0 Å². The number of hydrogen-bond acceptors (Lipinski definition) is 4. The molecule has 0 aliphatic carbocycles. The summed E-state index contributed by atoms with van der Waals surface area (Å²) in [5.74, 6) is 0. The summed E-state index contributed by atoms with van der Waals surface area (Å²) in [6.07, 6.45) is 0. The predicted octanol–water partition coefficient (Wildman–Crippen LogP) is 2.62. The SMILES string of the molecule is C[C@H](c1cccs1)N(C)C(=O)Nc1ccc(S(N)(=O)=O)cc1. The van der Waals surface area contributed by atoms with Crippen molar-refractivity contribution in [1.82, 2.24) is 4.90 Å². The second-order valence-electron chi connectivity index (χ2n) is 4.80. The first-order valence-corrected chi connectivity index (χ1v) is 8.91. The van der Waals surface area contributed by atoms with Gasteiger partial charge in [-0.15, -0.1) is 11.3 Å². The molecule has 1 aromatic heterocycles. The van der Waals surface area contributed by atoms with E-state index in [0.29, 0.717) is 5.69 Å². The summed E-state index contributed by atoms with van der Waals surface area (Å²) < 4.78 is 22.4. The van der Waals surface area contributed by atoms with Crippen LogP contribution in [-0.2, 0) is 10.0 Å². The highest BCUT2D eigenvalue weighted by molar-refractivity contribution is 7.89. The van der Waals surface area contributed by atoms with Gasteiger partial charge in [-0.25, -0.2) is 18.4 Å². The number of amides is 2. The number of hydrogen-bond donors (Lipinski definition) is 2. The van der Waals surface area contributed by atoms with E-state index in [1.807, 2.05) is 24.4 Å². The third-order valence-corrected chi connectivity index (χ3v) is 5.26. The van der Waals surface area contributed by atoms with Gasteiger partial charge in [0.25, 0.3) is 0 Å². The summed E-state index contributed by atoms with van der Waals surface area (Å²) in [5.41, 5.74) is 0.502. The Morgan fingerprint density at radius 1 is 1.27 bits per heavy atom. The molecule has 0 saturated carbocycles. The lowest BCUT2D eigenvalue weighted by Gasteiger charge is -2.24. The lowest BCUT2D eigenvalue weighted by Crippen LogP contribution is -2.33. The quantitative estimate of drug-likeness (QED) is 0.897. The lowest BCUT2D eigenvalue weighted by molar-refractivity contribution is 0.209. The minimum Gasteiger partial charge on any atom is -0.320 e. The van der Waals surface area contributed by atoms with Crippen LogP contribution in [0.4, 0.5) is 10.5 Å². The number of nitrogens with two attached hydrogens (primary N) is 1. The molecule has 0 fully saturated rings. The van der Waals surface area contributed by atoms with Gasteiger partial charge < -0.3 is 10.2 Å². The minimum atomic E-state index is -3.73. The Kier molecular flexibility index (Phi) is 4.84. The zero-order valence-corrected chi connectivity index (χ0v) is 13.8. The van der Waals surface area contributed by atoms with Gasteiger partial charge in [0.2, 0.25) is 10.0 Å². The minimum absolute atomic E-state index is 0.00538. The van der Waals surface area contributed by atoms with Gasteiger partial charge >= 0.3 is 6.03 Å². The molecule has 1 heterocycles. The Balaban J connectivity index is 2.05. The maximum Gasteiger partial charge on any atom is 0.322 e. The fourth-order valence-corrected chi connectivity index (χ4v) is 3.18. The number of anilines is 1. The van der Waals surface area contributed by atoms with E-state index in [-0.39, 0.29) is 17.0 Å². The Morgan fingerprint density at radius 2 is 1.91 bits per heavy atom. The maximum atomic E-state index is 12.2. The number of nitrogens with zero attached hydrogens (tertiary/aromatic N) is 1. The van der Waals surface area contributed by atoms with E-state index in [4.69, 9.17) is 5.14 Å². The third kappa shape index (κ3) is 3.85. The van der Waals surface area contributed by atoms with Crippen molar-refractivity contribution in [2.75, 3.05) is 12.4 Å². The molecular weight excluding hydrogens is 322 g/mol. The molecule has 1 aromatic carbocycles. The third-order valence-electron chi connectivity index (χ3n) is 3.29. The van der Waals surface area contributed by atoms with Crippen molar-refractivity contribution in [1.29, 1.82) is 0 Å². The number of carbonyl (C=O) groups excluding carboxylic acids is 1. The van der Waals surface area contributed by atoms with Crippen LogP contribution in [0.5, 0.6) is 0 Å². The molecule has 118 valence electrons. The molecule has 0 spiro atoms. The smallest absolute Gasteiger partial charge is 0.320 e. The first-order chi connectivity index (χ1) is 10.3. The van der Waals surface area contributed by atoms with Crippen LogP contribution in [0.25, 0.3) is 0 Å². The van der Waals surface area contributed by atoms with Crippen molar-refractivity contribution < 1.29 is 13.2 Å². The molecule has 2 aromatic rings. The number of rotatable bonds is 4. The van der Waals surface area contributed by atoms with Gasteiger partial charge in [0, 0.05) is 17.6 Å². The van der Waals surface area contributed by atoms with E-state index < -0.39 is 10.0 Å². The summed E-state index contributed by atoms with van der Waals surface area (Å²) in [5, 5.41) is 9.71. The Labute approximate surface area is 133 Å². The summed E-state index contributed by atoms with van der Waals surface area (Å²) in [6, 6.07) is 9.30. The first-order valence-electron chi connectivity index (χ1n) is 6.49. The van der Waals surface area contributed by atoms with Gasteiger partial charge in [-0.2, -0.15) is 0 Å². The molecule has 0 aliphatic rings. The lowest BCUT2D eigenvalue weighted by atomic mass is 10.2. The van der Waals surface area contributed by atoms with Crippen LogP contribution < -0.4 is 10.5 Å². The van der Waals surface area contributed by atoms with Crippen LogP contribution in [0.1, 0.15) is 17.8 Å². The molecule has 0 radical (unpaired) electrons. The molecular formula is C14H17N3O3S2. The van der Waals surface area contributed by atoms with E-state index in [1.54, 1.807) is 23.3 Å². The molecule has 0 bridgehead atoms. The van der Waals surface area contributed by atoms with Crippen molar-refractivity contribution >= 4 is 33.1 Å². The Bertz CT molecular complexity index is 740. The highest BCUT2D eigenvalue weighted by Crippen LogP contribution is 2.24. The molecule has 0 saturated heterocycles. The molecule has 1 atom stereocenters. The van der Waals surface area contributed by atoms with Gasteiger partial charge in [0.05, 0.1) is 10.9 Å². The number of benzene rings is 1. The number of carbonyl (C=O) groups is 1. The molecule has 8 heteroatoms. The summed E-state index contributed by atoms with van der Waals surface area (Å²) in [7, 11) is -2.02. The molecule has 2 rings (SSSR count). The van der Waals surface area contributed by atoms with Crippen LogP contribution in [0.15, 0.2) is 46.7 Å². The summed E-state index contributed by atoms with van der Waals surface area (Å²) >= 11 is 1.59. The van der Waals surface area contributed by atoms with E-state index in [0.717, 1.165) is 4.88 Å². The number of primary sulfonamides is 1. The van der Waals surface area contributed by atoms with Gasteiger partial charge in [-0.3, -0.25) is 0 Å². The normalized spacial score (nSPS) is 12.7. The van der Waals surface area contributed by atoms with Gasteiger partial charge in [-0.05, 0) is 42.6 Å². The topological polar surface area (TPSA) is 92.5 Å². The fourth-order valence-electron chi connectivity index (χ4n) is 1.84. The highest BCUT2D eigenvalue weighted by atomic mass is 32.2. The number of thiophene rings is 1. The maximum absolute atomic E-state index is 12.2. The largest absolute Gasteiger partial charge is 0.322 e. The van der Waals surface area contributed by atoms with Crippen LogP contribution >= 0.6 is 11.3 Å². The second kappa shape index (κ2) is 6.47. The predicted molar refractivity (Wildman–Crippen MR) is 87.3 cm³/mol. The zero-order chi connectivity index (χ0) is 16.3. The molecule has 22 heavy (non-hydrogen) atoms. The standard InChI is InChI=1S/C14H17N3O3S2/c1-10(13-4-3-9-21-13)17(2)14(18)16-11-5-7-12(8-6-11)22(15,19)20/h3-10H,1-2H3,(H,16,18)(H2,15,19,20)/t10-/m1/s1. The summed E-state index contributed by atoms with van der Waals surface area (Å²) in [4.78, 5) is 14.9. The van der Waals surface area contributed by atoms with Crippen LogP contribution in [-0.4, -0.2) is 26.4 Å². The highest BCUT2D eigenvalue weighted by Gasteiger charge is 2.18. The number of sulfonamides is 1. The number of nitrogens with one attached hydrogen (secondary N) is 1. The van der Waals surface area contributed by atoms with Gasteiger partial charge in [-0.1, -0.05) is 6.07 Å². The van der Waals surface area contributed by atoms with E-state index in [1.165, 1.54) is 24.3 Å². The molecule has 0 aliphatic heterocycles. The second-order valence-corrected chi connectivity index (χ2v) is 7.34. The molecule has 2 amide bonds. The van der Waals surface area contributed by atoms with E-state index >= 15 is 0 Å². The molecule has 6 nitrogen and oxygen atoms in total. The Morgan fingerprint density at radius 3 is 2.41 bits per heavy atom. The van der Waals surface area contributed by atoms with Crippen LogP contribution in [0.2, 0.25) is 0 Å². The fraction of sp³-hybridized carbons (Fsp3) is 0.214. The van der Waals surface area contributed by atoms with Crippen molar-refractivity contribution in [2.45, 2.75) is 17.9 Å². The van der Waals surface area contributed by atoms with E-state index in [2.05, 4.69) is 5.32 Å². The average Bonchev–Trinajstić information content (AvgIpc) is 2.99. The first kappa shape index (κ1) is 16.5. The van der Waals surface area contributed by atoms with E-state index in [9.17, 15) is 13.2 Å². The van der Waals surface area contributed by atoms with Crippen molar-refractivity contribution in [3.05, 3.63) is 46.7 Å². The van der Waals surface area contributed by atoms with Crippen molar-refractivity contribution in [2.24, 2.45) is 5.14 Å². The van der Waals surface area contributed by atoms with Gasteiger partial charge in [0.1, 0.15) is 0 Å². The van der Waals surface area contributed by atoms with Gasteiger partial charge in [0.15, 0.2) is 0 Å². The monoisotopic (exact) mass is 339 g/mol. The summed E-state index contributed by atoms with van der Waals surface area (Å²) in [6.45, 7) is 1.94. The van der Waals surface area contributed by atoms with Crippen molar-refractivity contribution in [3.8, 4) is 0 Å². The Hall–Kier alpha value is -1.90. The molecule has 0 unspecified atom stereocenters. The molecule has 3 N–H and O–H groups in total. The zero-order valence-electron chi connectivity index (χ0n) is 12.2. The number of urea groups is 1. The van der Waals surface area contributed by atoms with Crippen molar-refractivity contribution in [3.63, 3.8) is 0 Å². The van der Waals surface area contributed by atoms with Crippen LogP contribution in [0, 0.1) is 0 Å². The average molecular weight is 339 g/mol.